The van der Waals surface area contributed by atoms with Crippen molar-refractivity contribution in [3.63, 3.8) is 0 Å². The van der Waals surface area contributed by atoms with Crippen LogP contribution >= 0.6 is 15.9 Å². The lowest BCUT2D eigenvalue weighted by Gasteiger charge is -2.43. The maximum Gasteiger partial charge on any atom is 0.147 e. The Hall–Kier alpha value is -0.570. The Morgan fingerprint density at radius 2 is 2.07 bits per heavy atom. The van der Waals surface area contributed by atoms with Crippen molar-refractivity contribution in [3.05, 3.63) is 28.5 Å². The van der Waals surface area contributed by atoms with E-state index in [0.717, 1.165) is 23.2 Å². The van der Waals surface area contributed by atoms with Crippen LogP contribution in [0.3, 0.4) is 0 Å². The number of benzene rings is 1. The summed E-state index contributed by atoms with van der Waals surface area (Å²) >= 11 is 3.26. The number of hydrogen-bond donors (Lipinski definition) is 0. The third-order valence-electron chi connectivity index (χ3n) is 3.10. The molecule has 0 amide bonds. The van der Waals surface area contributed by atoms with Gasteiger partial charge in [0.1, 0.15) is 5.82 Å². The van der Waals surface area contributed by atoms with Crippen molar-refractivity contribution < 1.29 is 4.39 Å². The van der Waals surface area contributed by atoms with Crippen molar-refractivity contribution in [2.75, 3.05) is 18.0 Å². The second-order valence-electron chi connectivity index (χ2n) is 4.50. The van der Waals surface area contributed by atoms with E-state index in [0.29, 0.717) is 11.8 Å². The van der Waals surface area contributed by atoms with Crippen LogP contribution in [0.4, 0.5) is 10.1 Å². The van der Waals surface area contributed by atoms with Crippen molar-refractivity contribution in [1.82, 2.24) is 0 Å². The highest BCUT2D eigenvalue weighted by Crippen LogP contribution is 2.31. The smallest absolute Gasteiger partial charge is 0.147 e. The maximum atomic E-state index is 13.6. The minimum atomic E-state index is -0.133. The fourth-order valence-corrected chi connectivity index (χ4v) is 2.20. The Balaban J connectivity index is 2.07. The molecule has 1 aliphatic rings. The molecule has 0 N–H and O–H groups in total. The highest BCUT2D eigenvalue weighted by atomic mass is 79.9. The first-order chi connectivity index (χ1) is 7.08. The monoisotopic (exact) mass is 271 g/mol. The predicted octanol–water partition coefficient (Wildman–Crippen LogP) is 3.68. The molecule has 1 aromatic rings. The van der Waals surface area contributed by atoms with E-state index in [4.69, 9.17) is 0 Å². The van der Waals surface area contributed by atoms with Gasteiger partial charge in [-0.25, -0.2) is 4.39 Å². The van der Waals surface area contributed by atoms with Gasteiger partial charge in [0.25, 0.3) is 0 Å². The summed E-state index contributed by atoms with van der Waals surface area (Å²) in [5, 5.41) is 0. The summed E-state index contributed by atoms with van der Waals surface area (Å²) in [4.78, 5) is 2.10. The van der Waals surface area contributed by atoms with Crippen molar-refractivity contribution in [3.8, 4) is 0 Å². The van der Waals surface area contributed by atoms with Gasteiger partial charge >= 0.3 is 0 Å². The van der Waals surface area contributed by atoms with Crippen molar-refractivity contribution in [1.29, 1.82) is 0 Å². The fraction of sp³-hybridized carbons (Fsp3) is 0.500. The first-order valence-electron chi connectivity index (χ1n) is 5.28. The normalized spacial score (nSPS) is 17.0. The first-order valence-corrected chi connectivity index (χ1v) is 6.07. The molecule has 0 atom stereocenters. The minimum Gasteiger partial charge on any atom is -0.368 e. The zero-order valence-corrected chi connectivity index (χ0v) is 10.6. The summed E-state index contributed by atoms with van der Waals surface area (Å²) in [6.07, 6.45) is 0. The van der Waals surface area contributed by atoms with Crippen LogP contribution in [-0.4, -0.2) is 13.1 Å². The molecule has 1 nitrogen and oxygen atoms in total. The van der Waals surface area contributed by atoms with E-state index in [1.807, 2.05) is 12.1 Å². The van der Waals surface area contributed by atoms with Gasteiger partial charge in [0.2, 0.25) is 0 Å². The van der Waals surface area contributed by atoms with Crippen LogP contribution in [0.1, 0.15) is 13.8 Å². The summed E-state index contributed by atoms with van der Waals surface area (Å²) < 4.78 is 14.4. The summed E-state index contributed by atoms with van der Waals surface area (Å²) in [6, 6.07) is 5.26. The molecule has 3 heteroatoms. The molecule has 0 aliphatic carbocycles. The van der Waals surface area contributed by atoms with Gasteiger partial charge in [0, 0.05) is 17.6 Å². The molecule has 0 unspecified atom stereocenters. The van der Waals surface area contributed by atoms with Crippen LogP contribution in [0.2, 0.25) is 0 Å². The second-order valence-corrected chi connectivity index (χ2v) is 5.42. The van der Waals surface area contributed by atoms with Crippen molar-refractivity contribution in [2.24, 2.45) is 11.8 Å². The molecule has 0 aromatic heterocycles. The lowest BCUT2D eigenvalue weighted by Crippen LogP contribution is -2.49. The highest BCUT2D eigenvalue weighted by molar-refractivity contribution is 9.10. The van der Waals surface area contributed by atoms with E-state index in [9.17, 15) is 4.39 Å². The van der Waals surface area contributed by atoms with E-state index in [2.05, 4.69) is 34.7 Å². The maximum absolute atomic E-state index is 13.6. The molecule has 15 heavy (non-hydrogen) atoms. The van der Waals surface area contributed by atoms with E-state index in [1.54, 1.807) is 0 Å². The van der Waals surface area contributed by atoms with Gasteiger partial charge in [0.15, 0.2) is 0 Å². The van der Waals surface area contributed by atoms with Gasteiger partial charge in [-0.2, -0.15) is 0 Å². The van der Waals surface area contributed by atoms with Gasteiger partial charge in [0.05, 0.1) is 5.69 Å². The predicted molar refractivity (Wildman–Crippen MR) is 64.6 cm³/mol. The minimum absolute atomic E-state index is 0.133. The van der Waals surface area contributed by atoms with Crippen LogP contribution in [0.25, 0.3) is 0 Å². The Morgan fingerprint density at radius 3 is 2.60 bits per heavy atom. The van der Waals surface area contributed by atoms with E-state index < -0.39 is 0 Å². The quantitative estimate of drug-likeness (QED) is 0.793. The van der Waals surface area contributed by atoms with Crippen molar-refractivity contribution >= 4 is 21.6 Å². The largest absolute Gasteiger partial charge is 0.368 e. The van der Waals surface area contributed by atoms with Gasteiger partial charge in [-0.3, -0.25) is 0 Å². The SMILES string of the molecule is CC(C)C1CN(c2ccc(Br)cc2F)C1. The molecule has 82 valence electrons. The molecule has 0 saturated carbocycles. The van der Waals surface area contributed by atoms with Gasteiger partial charge in [-0.1, -0.05) is 29.8 Å². The molecule has 0 spiro atoms. The molecule has 1 aromatic carbocycles. The van der Waals surface area contributed by atoms with Crippen LogP contribution in [0.5, 0.6) is 0 Å². The van der Waals surface area contributed by atoms with Crippen molar-refractivity contribution in [2.45, 2.75) is 13.8 Å². The number of hydrogen-bond acceptors (Lipinski definition) is 1. The summed E-state index contributed by atoms with van der Waals surface area (Å²) in [7, 11) is 0. The zero-order chi connectivity index (χ0) is 11.0. The zero-order valence-electron chi connectivity index (χ0n) is 9.00. The third kappa shape index (κ3) is 2.17. The molecule has 1 fully saturated rings. The van der Waals surface area contributed by atoms with Crippen LogP contribution < -0.4 is 4.90 Å². The van der Waals surface area contributed by atoms with Crippen LogP contribution in [0, 0.1) is 17.7 Å². The van der Waals surface area contributed by atoms with E-state index >= 15 is 0 Å². The highest BCUT2D eigenvalue weighted by Gasteiger charge is 2.30. The number of anilines is 1. The fourth-order valence-electron chi connectivity index (χ4n) is 1.87. The van der Waals surface area contributed by atoms with E-state index in [-0.39, 0.29) is 5.82 Å². The third-order valence-corrected chi connectivity index (χ3v) is 3.60. The van der Waals surface area contributed by atoms with E-state index in [1.165, 1.54) is 6.07 Å². The number of halogens is 2. The summed E-state index contributed by atoms with van der Waals surface area (Å²) in [5.74, 6) is 1.28. The van der Waals surface area contributed by atoms with Crippen LogP contribution in [0.15, 0.2) is 22.7 Å². The first kappa shape index (κ1) is 10.9. The second kappa shape index (κ2) is 4.12. The standard InChI is InChI=1S/C12H15BrFN/c1-8(2)9-6-15(7-9)12-4-3-10(13)5-11(12)14/h3-5,8-9H,6-7H2,1-2H3. The molecule has 1 heterocycles. The number of nitrogens with zero attached hydrogens (tertiary/aromatic N) is 1. The molecular formula is C12H15BrFN. The van der Waals surface area contributed by atoms with Crippen LogP contribution in [-0.2, 0) is 0 Å². The lowest BCUT2D eigenvalue weighted by molar-refractivity contribution is 0.307. The molecular weight excluding hydrogens is 257 g/mol. The Kier molecular flexibility index (Phi) is 3.01. The summed E-state index contributed by atoms with van der Waals surface area (Å²) in [5.41, 5.74) is 0.732. The van der Waals surface area contributed by atoms with Gasteiger partial charge < -0.3 is 4.90 Å². The Morgan fingerprint density at radius 1 is 1.40 bits per heavy atom. The Labute approximate surface area is 98.4 Å². The molecule has 0 bridgehead atoms. The average Bonchev–Trinajstić information content (AvgIpc) is 2.05. The lowest BCUT2D eigenvalue weighted by atomic mass is 9.88. The summed E-state index contributed by atoms with van der Waals surface area (Å²) in [6.45, 7) is 6.41. The van der Waals surface area contributed by atoms with Gasteiger partial charge in [-0.05, 0) is 30.0 Å². The Bertz CT molecular complexity index is 359. The molecule has 2 rings (SSSR count). The average molecular weight is 272 g/mol. The topological polar surface area (TPSA) is 3.24 Å². The van der Waals surface area contributed by atoms with Gasteiger partial charge in [-0.15, -0.1) is 0 Å². The molecule has 1 aliphatic heterocycles. The molecule has 0 radical (unpaired) electrons. The number of rotatable bonds is 2. The molecule has 1 saturated heterocycles.